The standard InChI is InChI=1S/C15H12N6OS/c1-10-2-3-13-16-12(6-14(22)20(13)7-10)8-21-18-15(17-19-21)11-4-5-23-9-11/h2-7,9H,8H2,1H3. The van der Waals surface area contributed by atoms with Gasteiger partial charge in [0.25, 0.3) is 5.56 Å². The maximum absolute atomic E-state index is 12.2. The summed E-state index contributed by atoms with van der Waals surface area (Å²) >= 11 is 1.58. The van der Waals surface area contributed by atoms with Crippen LogP contribution in [0, 0.1) is 6.92 Å². The minimum atomic E-state index is -0.119. The van der Waals surface area contributed by atoms with E-state index in [4.69, 9.17) is 0 Å². The normalized spacial score (nSPS) is 11.2. The first-order chi connectivity index (χ1) is 11.2. The lowest BCUT2D eigenvalue weighted by molar-refractivity contribution is 0.564. The van der Waals surface area contributed by atoms with Crippen LogP contribution in [0.2, 0.25) is 0 Å². The van der Waals surface area contributed by atoms with E-state index in [1.54, 1.807) is 17.5 Å². The van der Waals surface area contributed by atoms with Crippen LogP contribution >= 0.6 is 11.3 Å². The summed E-state index contributed by atoms with van der Waals surface area (Å²) in [6.45, 7) is 2.24. The van der Waals surface area contributed by atoms with Gasteiger partial charge < -0.3 is 0 Å². The molecule has 0 aliphatic carbocycles. The lowest BCUT2D eigenvalue weighted by atomic mass is 10.3. The predicted octanol–water partition coefficient (Wildman–Crippen LogP) is 1.77. The fourth-order valence-electron chi connectivity index (χ4n) is 2.30. The van der Waals surface area contributed by atoms with Crippen LogP contribution in [0.4, 0.5) is 0 Å². The molecular weight excluding hydrogens is 312 g/mol. The molecule has 0 unspecified atom stereocenters. The van der Waals surface area contributed by atoms with Crippen molar-refractivity contribution in [2.45, 2.75) is 13.5 Å². The molecule has 4 aromatic heterocycles. The number of thiophene rings is 1. The molecule has 0 fully saturated rings. The van der Waals surface area contributed by atoms with Gasteiger partial charge in [-0.25, -0.2) is 4.98 Å². The van der Waals surface area contributed by atoms with Crippen LogP contribution in [0.15, 0.2) is 46.0 Å². The highest BCUT2D eigenvalue weighted by atomic mass is 32.1. The summed E-state index contributed by atoms with van der Waals surface area (Å²) in [5, 5.41) is 16.3. The van der Waals surface area contributed by atoms with Crippen LogP contribution in [0.3, 0.4) is 0 Å². The first-order valence-electron chi connectivity index (χ1n) is 6.98. The Bertz CT molecular complexity index is 1030. The van der Waals surface area contributed by atoms with Crippen LogP contribution in [0.5, 0.6) is 0 Å². The van der Waals surface area contributed by atoms with Crippen molar-refractivity contribution in [2.24, 2.45) is 0 Å². The number of hydrogen-bond acceptors (Lipinski definition) is 6. The smallest absolute Gasteiger partial charge is 0.258 e. The van der Waals surface area contributed by atoms with Crippen molar-refractivity contribution in [3.8, 4) is 11.4 Å². The van der Waals surface area contributed by atoms with Crippen molar-refractivity contribution in [3.05, 3.63) is 62.8 Å². The molecule has 0 aliphatic rings. The van der Waals surface area contributed by atoms with E-state index in [1.807, 2.05) is 35.9 Å². The van der Waals surface area contributed by atoms with Crippen molar-refractivity contribution in [1.82, 2.24) is 29.6 Å². The zero-order chi connectivity index (χ0) is 15.8. The second kappa shape index (κ2) is 5.40. The lowest BCUT2D eigenvalue weighted by Crippen LogP contribution is -2.17. The number of aryl methyl sites for hydroxylation is 1. The number of fused-ring (bicyclic) bond motifs is 1. The maximum Gasteiger partial charge on any atom is 0.258 e. The third-order valence-electron chi connectivity index (χ3n) is 3.40. The predicted molar refractivity (Wildman–Crippen MR) is 86.4 cm³/mol. The van der Waals surface area contributed by atoms with E-state index in [-0.39, 0.29) is 5.56 Å². The van der Waals surface area contributed by atoms with Gasteiger partial charge in [0.15, 0.2) is 0 Å². The molecule has 0 bridgehead atoms. The maximum atomic E-state index is 12.2. The van der Waals surface area contributed by atoms with Gasteiger partial charge >= 0.3 is 0 Å². The molecular formula is C15H12N6OS. The topological polar surface area (TPSA) is 78.0 Å². The van der Waals surface area contributed by atoms with E-state index in [1.165, 1.54) is 15.3 Å². The lowest BCUT2D eigenvalue weighted by Gasteiger charge is -2.04. The van der Waals surface area contributed by atoms with Gasteiger partial charge in [-0.05, 0) is 35.2 Å². The van der Waals surface area contributed by atoms with E-state index in [2.05, 4.69) is 20.4 Å². The van der Waals surface area contributed by atoms with E-state index in [0.29, 0.717) is 23.7 Å². The third-order valence-corrected chi connectivity index (χ3v) is 4.08. The average molecular weight is 324 g/mol. The highest BCUT2D eigenvalue weighted by molar-refractivity contribution is 7.08. The third kappa shape index (κ3) is 2.64. The van der Waals surface area contributed by atoms with E-state index < -0.39 is 0 Å². The summed E-state index contributed by atoms with van der Waals surface area (Å²) in [7, 11) is 0. The fourth-order valence-corrected chi connectivity index (χ4v) is 2.94. The first kappa shape index (κ1) is 13.8. The molecule has 0 aliphatic heterocycles. The molecule has 23 heavy (non-hydrogen) atoms. The van der Waals surface area contributed by atoms with Gasteiger partial charge in [-0.2, -0.15) is 16.1 Å². The zero-order valence-electron chi connectivity index (χ0n) is 12.2. The van der Waals surface area contributed by atoms with Crippen molar-refractivity contribution < 1.29 is 0 Å². The summed E-state index contributed by atoms with van der Waals surface area (Å²) < 4.78 is 1.53. The Morgan fingerprint density at radius 1 is 1.26 bits per heavy atom. The van der Waals surface area contributed by atoms with Crippen LogP contribution in [0.1, 0.15) is 11.3 Å². The zero-order valence-corrected chi connectivity index (χ0v) is 13.1. The number of pyridine rings is 1. The Morgan fingerprint density at radius 2 is 2.17 bits per heavy atom. The Balaban J connectivity index is 1.68. The summed E-state index contributed by atoms with van der Waals surface area (Å²) in [6.07, 6.45) is 1.77. The average Bonchev–Trinajstić information content (AvgIpc) is 3.19. The van der Waals surface area contributed by atoms with Gasteiger partial charge in [0, 0.05) is 23.2 Å². The number of aromatic nitrogens is 6. The summed E-state index contributed by atoms with van der Waals surface area (Å²) in [5.41, 5.74) is 3.03. The largest absolute Gasteiger partial charge is 0.269 e. The highest BCUT2D eigenvalue weighted by Crippen LogP contribution is 2.16. The van der Waals surface area contributed by atoms with E-state index >= 15 is 0 Å². The van der Waals surface area contributed by atoms with Gasteiger partial charge in [-0.1, -0.05) is 6.07 Å². The SMILES string of the molecule is Cc1ccc2nc(Cn3nnc(-c4ccsc4)n3)cc(=O)n2c1. The summed E-state index contributed by atoms with van der Waals surface area (Å²) in [6, 6.07) is 7.19. The van der Waals surface area contributed by atoms with Gasteiger partial charge in [0.2, 0.25) is 5.82 Å². The number of rotatable bonds is 3. The van der Waals surface area contributed by atoms with Crippen LogP contribution in [-0.4, -0.2) is 29.6 Å². The van der Waals surface area contributed by atoms with Crippen molar-refractivity contribution in [2.75, 3.05) is 0 Å². The molecule has 0 N–H and O–H groups in total. The van der Waals surface area contributed by atoms with Crippen molar-refractivity contribution >= 4 is 17.0 Å². The molecule has 8 heteroatoms. The Hall–Kier alpha value is -2.87. The molecule has 0 radical (unpaired) electrons. The Labute approximate surface area is 134 Å². The molecule has 0 aromatic carbocycles. The second-order valence-electron chi connectivity index (χ2n) is 5.18. The molecule has 4 aromatic rings. The Morgan fingerprint density at radius 3 is 3.00 bits per heavy atom. The second-order valence-corrected chi connectivity index (χ2v) is 5.96. The van der Waals surface area contributed by atoms with Crippen LogP contribution in [0.25, 0.3) is 17.0 Å². The van der Waals surface area contributed by atoms with Crippen LogP contribution in [-0.2, 0) is 6.54 Å². The number of tetrazole rings is 1. The molecule has 0 spiro atoms. The van der Waals surface area contributed by atoms with E-state index in [9.17, 15) is 4.79 Å². The monoisotopic (exact) mass is 324 g/mol. The van der Waals surface area contributed by atoms with Gasteiger partial charge in [0.05, 0.1) is 5.69 Å². The number of hydrogen-bond donors (Lipinski definition) is 0. The molecule has 0 saturated heterocycles. The molecule has 114 valence electrons. The van der Waals surface area contributed by atoms with E-state index in [0.717, 1.165) is 11.1 Å². The fraction of sp³-hybridized carbons (Fsp3) is 0.133. The molecule has 0 amide bonds. The number of nitrogens with zero attached hydrogens (tertiary/aromatic N) is 6. The summed E-state index contributed by atoms with van der Waals surface area (Å²) in [4.78, 5) is 18.1. The molecule has 0 saturated carbocycles. The highest BCUT2D eigenvalue weighted by Gasteiger charge is 2.08. The van der Waals surface area contributed by atoms with Crippen molar-refractivity contribution in [1.29, 1.82) is 0 Å². The van der Waals surface area contributed by atoms with Gasteiger partial charge in [-0.3, -0.25) is 9.20 Å². The van der Waals surface area contributed by atoms with Gasteiger partial charge in [-0.15, -0.1) is 10.2 Å². The molecule has 4 heterocycles. The van der Waals surface area contributed by atoms with Crippen molar-refractivity contribution in [3.63, 3.8) is 0 Å². The van der Waals surface area contributed by atoms with Gasteiger partial charge in [0.1, 0.15) is 12.2 Å². The molecule has 7 nitrogen and oxygen atoms in total. The first-order valence-corrected chi connectivity index (χ1v) is 7.93. The molecule has 4 rings (SSSR count). The Kier molecular flexibility index (Phi) is 3.23. The summed E-state index contributed by atoms with van der Waals surface area (Å²) in [5.74, 6) is 0.569. The van der Waals surface area contributed by atoms with Crippen LogP contribution < -0.4 is 5.56 Å². The quantitative estimate of drug-likeness (QED) is 0.574. The minimum Gasteiger partial charge on any atom is -0.269 e. The molecule has 0 atom stereocenters. The minimum absolute atomic E-state index is 0.119.